The fourth-order valence-corrected chi connectivity index (χ4v) is 2.75. The molecule has 1 heteroatoms. The van der Waals surface area contributed by atoms with Crippen LogP contribution < -0.4 is 0 Å². The molecule has 2 aromatic carbocycles. The molecular weight excluding hydrogens is 220 g/mol. The van der Waals surface area contributed by atoms with Crippen LogP contribution in [0.1, 0.15) is 31.2 Å². The van der Waals surface area contributed by atoms with Crippen LogP contribution in [0, 0.1) is 5.92 Å². The van der Waals surface area contributed by atoms with Crippen molar-refractivity contribution < 1.29 is 4.79 Å². The SMILES string of the molecule is O=C(Cc1cccc2ccccc12)CC1CCC1. The highest BCUT2D eigenvalue weighted by Crippen LogP contribution is 2.30. The summed E-state index contributed by atoms with van der Waals surface area (Å²) in [5.74, 6) is 1.07. The lowest BCUT2D eigenvalue weighted by atomic mass is 9.81. The first-order chi connectivity index (χ1) is 8.83. The molecule has 0 unspecified atom stereocenters. The minimum atomic E-state index is 0.399. The molecule has 18 heavy (non-hydrogen) atoms. The second-order valence-corrected chi connectivity index (χ2v) is 5.35. The van der Waals surface area contributed by atoms with Crippen LogP contribution in [0.2, 0.25) is 0 Å². The fraction of sp³-hybridized carbons (Fsp3) is 0.353. The van der Waals surface area contributed by atoms with Gasteiger partial charge in [0.25, 0.3) is 0 Å². The van der Waals surface area contributed by atoms with Crippen molar-refractivity contribution >= 4 is 16.6 Å². The Bertz CT molecular complexity index is 561. The van der Waals surface area contributed by atoms with Gasteiger partial charge in [-0.2, -0.15) is 0 Å². The summed E-state index contributed by atoms with van der Waals surface area (Å²) in [6, 6.07) is 14.5. The number of Topliss-reactive ketones (excluding diaryl/α,β-unsaturated/α-hetero) is 1. The molecule has 1 fully saturated rings. The number of carbonyl (C=O) groups excluding carboxylic acids is 1. The molecule has 2 aromatic rings. The van der Waals surface area contributed by atoms with Crippen molar-refractivity contribution in [3.63, 3.8) is 0 Å². The zero-order chi connectivity index (χ0) is 12.4. The van der Waals surface area contributed by atoms with E-state index in [0.717, 1.165) is 6.42 Å². The quantitative estimate of drug-likeness (QED) is 0.782. The van der Waals surface area contributed by atoms with E-state index in [0.29, 0.717) is 18.1 Å². The molecular formula is C17H18O. The molecule has 0 spiro atoms. The average Bonchev–Trinajstić information content (AvgIpc) is 2.34. The van der Waals surface area contributed by atoms with Gasteiger partial charge in [-0.3, -0.25) is 4.79 Å². The van der Waals surface area contributed by atoms with E-state index in [1.54, 1.807) is 0 Å². The Balaban J connectivity index is 1.79. The monoisotopic (exact) mass is 238 g/mol. The maximum absolute atomic E-state index is 12.1. The van der Waals surface area contributed by atoms with Gasteiger partial charge in [0.15, 0.2) is 0 Å². The number of carbonyl (C=O) groups is 1. The van der Waals surface area contributed by atoms with Crippen LogP contribution in [0.4, 0.5) is 0 Å². The first kappa shape index (κ1) is 11.5. The smallest absolute Gasteiger partial charge is 0.137 e. The van der Waals surface area contributed by atoms with Crippen LogP contribution in [0.25, 0.3) is 10.8 Å². The summed E-state index contributed by atoms with van der Waals surface area (Å²) in [6.07, 6.45) is 5.19. The van der Waals surface area contributed by atoms with E-state index >= 15 is 0 Å². The number of benzene rings is 2. The Morgan fingerprint density at radius 1 is 1.06 bits per heavy atom. The minimum absolute atomic E-state index is 0.399. The van der Waals surface area contributed by atoms with Gasteiger partial charge in [0.05, 0.1) is 0 Å². The van der Waals surface area contributed by atoms with Gasteiger partial charge in [-0.05, 0) is 22.3 Å². The Morgan fingerprint density at radius 2 is 1.83 bits per heavy atom. The normalized spacial score (nSPS) is 15.6. The molecule has 0 atom stereocenters. The summed E-state index contributed by atoms with van der Waals surface area (Å²) >= 11 is 0. The largest absolute Gasteiger partial charge is 0.299 e. The summed E-state index contributed by atoms with van der Waals surface area (Å²) in [7, 11) is 0. The standard InChI is InChI=1S/C17H18O/c18-16(11-13-5-3-6-13)12-15-9-4-8-14-7-1-2-10-17(14)15/h1-2,4,7-10,13H,3,5-6,11-12H2. The Hall–Kier alpha value is -1.63. The molecule has 92 valence electrons. The maximum atomic E-state index is 12.1. The van der Waals surface area contributed by atoms with Gasteiger partial charge in [0.1, 0.15) is 5.78 Å². The van der Waals surface area contributed by atoms with Crippen molar-refractivity contribution in [1.82, 2.24) is 0 Å². The van der Waals surface area contributed by atoms with E-state index < -0.39 is 0 Å². The van der Waals surface area contributed by atoms with Crippen LogP contribution in [-0.2, 0) is 11.2 Å². The number of fused-ring (bicyclic) bond motifs is 1. The number of rotatable bonds is 4. The molecule has 0 amide bonds. The Morgan fingerprint density at radius 3 is 2.61 bits per heavy atom. The molecule has 0 aliphatic heterocycles. The van der Waals surface area contributed by atoms with E-state index in [-0.39, 0.29) is 0 Å². The molecule has 0 N–H and O–H groups in total. The van der Waals surface area contributed by atoms with Gasteiger partial charge in [-0.25, -0.2) is 0 Å². The lowest BCUT2D eigenvalue weighted by molar-refractivity contribution is -0.119. The lowest BCUT2D eigenvalue weighted by Gasteiger charge is -2.24. The van der Waals surface area contributed by atoms with Gasteiger partial charge in [0, 0.05) is 12.8 Å². The maximum Gasteiger partial charge on any atom is 0.137 e. The van der Waals surface area contributed by atoms with Crippen LogP contribution in [0.3, 0.4) is 0 Å². The van der Waals surface area contributed by atoms with E-state index in [9.17, 15) is 4.79 Å². The van der Waals surface area contributed by atoms with Crippen molar-refractivity contribution in [2.75, 3.05) is 0 Å². The van der Waals surface area contributed by atoms with E-state index in [1.807, 2.05) is 18.2 Å². The van der Waals surface area contributed by atoms with Crippen LogP contribution >= 0.6 is 0 Å². The van der Waals surface area contributed by atoms with Gasteiger partial charge in [-0.1, -0.05) is 61.7 Å². The summed E-state index contributed by atoms with van der Waals surface area (Å²) in [6.45, 7) is 0. The van der Waals surface area contributed by atoms with Gasteiger partial charge < -0.3 is 0 Å². The molecule has 1 aliphatic carbocycles. The average molecular weight is 238 g/mol. The zero-order valence-corrected chi connectivity index (χ0v) is 10.6. The van der Waals surface area contributed by atoms with Crippen LogP contribution in [0.5, 0.6) is 0 Å². The van der Waals surface area contributed by atoms with Crippen molar-refractivity contribution in [3.8, 4) is 0 Å². The van der Waals surface area contributed by atoms with E-state index in [4.69, 9.17) is 0 Å². The third-order valence-corrected chi connectivity index (χ3v) is 4.01. The third kappa shape index (κ3) is 2.31. The number of hydrogen-bond donors (Lipinski definition) is 0. The first-order valence-corrected chi connectivity index (χ1v) is 6.81. The van der Waals surface area contributed by atoms with Crippen molar-refractivity contribution in [1.29, 1.82) is 0 Å². The van der Waals surface area contributed by atoms with Crippen LogP contribution in [0.15, 0.2) is 42.5 Å². The Labute approximate surface area is 108 Å². The van der Waals surface area contributed by atoms with Gasteiger partial charge in [0.2, 0.25) is 0 Å². The van der Waals surface area contributed by atoms with Gasteiger partial charge in [-0.15, -0.1) is 0 Å². The van der Waals surface area contributed by atoms with Crippen molar-refractivity contribution in [2.24, 2.45) is 5.92 Å². The molecule has 1 saturated carbocycles. The minimum Gasteiger partial charge on any atom is -0.299 e. The number of ketones is 1. The summed E-state index contributed by atoms with van der Waals surface area (Å²) < 4.78 is 0. The number of hydrogen-bond acceptors (Lipinski definition) is 1. The Kier molecular flexibility index (Phi) is 3.14. The second kappa shape index (κ2) is 4.93. The molecule has 0 bridgehead atoms. The molecule has 0 saturated heterocycles. The predicted molar refractivity (Wildman–Crippen MR) is 74.6 cm³/mol. The summed E-state index contributed by atoms with van der Waals surface area (Å²) in [5, 5.41) is 2.45. The molecule has 0 aromatic heterocycles. The third-order valence-electron chi connectivity index (χ3n) is 4.01. The molecule has 1 aliphatic rings. The van der Waals surface area contributed by atoms with E-state index in [1.165, 1.54) is 35.6 Å². The molecule has 1 nitrogen and oxygen atoms in total. The molecule has 0 heterocycles. The van der Waals surface area contributed by atoms with Gasteiger partial charge >= 0.3 is 0 Å². The van der Waals surface area contributed by atoms with E-state index in [2.05, 4.69) is 24.3 Å². The highest BCUT2D eigenvalue weighted by molar-refractivity contribution is 5.90. The topological polar surface area (TPSA) is 17.1 Å². The summed E-state index contributed by atoms with van der Waals surface area (Å²) in [5.41, 5.74) is 1.18. The molecule has 3 rings (SSSR count). The zero-order valence-electron chi connectivity index (χ0n) is 10.6. The fourth-order valence-electron chi connectivity index (χ4n) is 2.75. The second-order valence-electron chi connectivity index (χ2n) is 5.35. The molecule has 0 radical (unpaired) electrons. The highest BCUT2D eigenvalue weighted by atomic mass is 16.1. The van der Waals surface area contributed by atoms with Crippen molar-refractivity contribution in [2.45, 2.75) is 32.1 Å². The van der Waals surface area contributed by atoms with Crippen LogP contribution in [-0.4, -0.2) is 5.78 Å². The highest BCUT2D eigenvalue weighted by Gasteiger charge is 2.20. The summed E-state index contributed by atoms with van der Waals surface area (Å²) in [4.78, 5) is 12.1. The predicted octanol–water partition coefficient (Wildman–Crippen LogP) is 4.14. The lowest BCUT2D eigenvalue weighted by Crippen LogP contribution is -2.17. The first-order valence-electron chi connectivity index (χ1n) is 6.81. The van der Waals surface area contributed by atoms with Crippen molar-refractivity contribution in [3.05, 3.63) is 48.0 Å².